The summed E-state index contributed by atoms with van der Waals surface area (Å²) in [5.74, 6) is 3.86. The van der Waals surface area contributed by atoms with Crippen molar-refractivity contribution < 1.29 is 9.53 Å². The van der Waals surface area contributed by atoms with Crippen LogP contribution in [-0.2, 0) is 4.79 Å². The Balaban J connectivity index is 1.43. The smallest absolute Gasteiger partial charge is 0.225 e. The SMILES string of the molecule is O=C(CC1CSCCN1)Nc1ccc(OCC2CC2)cc1. The summed E-state index contributed by atoms with van der Waals surface area (Å²) < 4.78 is 5.69. The van der Waals surface area contributed by atoms with E-state index >= 15 is 0 Å². The van der Waals surface area contributed by atoms with E-state index in [0.29, 0.717) is 12.5 Å². The Morgan fingerprint density at radius 1 is 1.33 bits per heavy atom. The summed E-state index contributed by atoms with van der Waals surface area (Å²) in [6.07, 6.45) is 3.12. The van der Waals surface area contributed by atoms with Gasteiger partial charge in [-0.25, -0.2) is 0 Å². The van der Waals surface area contributed by atoms with Gasteiger partial charge in [0.15, 0.2) is 0 Å². The van der Waals surface area contributed by atoms with E-state index in [0.717, 1.165) is 42.0 Å². The topological polar surface area (TPSA) is 50.4 Å². The van der Waals surface area contributed by atoms with Crippen LogP contribution in [0.25, 0.3) is 0 Å². The molecule has 114 valence electrons. The Bertz CT molecular complexity index is 468. The van der Waals surface area contributed by atoms with E-state index in [1.165, 1.54) is 12.8 Å². The highest BCUT2D eigenvalue weighted by atomic mass is 32.2. The average Bonchev–Trinajstić information content (AvgIpc) is 3.32. The Hall–Kier alpha value is -1.20. The van der Waals surface area contributed by atoms with Gasteiger partial charge in [-0.2, -0.15) is 11.8 Å². The highest BCUT2D eigenvalue weighted by molar-refractivity contribution is 7.99. The van der Waals surface area contributed by atoms with E-state index in [1.807, 2.05) is 36.0 Å². The van der Waals surface area contributed by atoms with E-state index in [9.17, 15) is 4.79 Å². The van der Waals surface area contributed by atoms with E-state index in [2.05, 4.69) is 10.6 Å². The minimum absolute atomic E-state index is 0.0710. The third-order valence-corrected chi connectivity index (χ3v) is 4.88. The fraction of sp³-hybridized carbons (Fsp3) is 0.562. The number of benzene rings is 1. The summed E-state index contributed by atoms with van der Waals surface area (Å²) in [5.41, 5.74) is 0.835. The quantitative estimate of drug-likeness (QED) is 0.848. The maximum Gasteiger partial charge on any atom is 0.225 e. The number of carbonyl (C=O) groups excluding carboxylic acids is 1. The predicted molar refractivity (Wildman–Crippen MR) is 87.0 cm³/mol. The van der Waals surface area contributed by atoms with Crippen LogP contribution in [0.15, 0.2) is 24.3 Å². The molecule has 1 aliphatic carbocycles. The molecule has 2 fully saturated rings. The maximum absolute atomic E-state index is 12.0. The number of hydrogen-bond donors (Lipinski definition) is 2. The van der Waals surface area contributed by atoms with Crippen molar-refractivity contribution in [2.75, 3.05) is 30.0 Å². The molecule has 2 aliphatic rings. The highest BCUT2D eigenvalue weighted by Gasteiger charge is 2.21. The largest absolute Gasteiger partial charge is 0.493 e. The average molecular weight is 306 g/mol. The number of thioether (sulfide) groups is 1. The molecule has 0 spiro atoms. The van der Waals surface area contributed by atoms with Crippen molar-refractivity contribution in [3.05, 3.63) is 24.3 Å². The Kier molecular flexibility index (Phi) is 5.04. The molecule has 1 aromatic rings. The molecule has 1 unspecified atom stereocenters. The molecule has 1 saturated carbocycles. The Morgan fingerprint density at radius 3 is 2.81 bits per heavy atom. The van der Waals surface area contributed by atoms with Crippen LogP contribution >= 0.6 is 11.8 Å². The lowest BCUT2D eigenvalue weighted by Crippen LogP contribution is -2.39. The molecule has 1 heterocycles. The van der Waals surface area contributed by atoms with Crippen molar-refractivity contribution >= 4 is 23.4 Å². The third-order valence-electron chi connectivity index (χ3n) is 3.75. The Labute approximate surface area is 130 Å². The van der Waals surface area contributed by atoms with Gasteiger partial charge in [0.25, 0.3) is 0 Å². The molecule has 0 radical (unpaired) electrons. The van der Waals surface area contributed by atoms with Gasteiger partial charge in [0.1, 0.15) is 5.75 Å². The first-order valence-corrected chi connectivity index (χ1v) is 8.79. The third kappa shape index (κ3) is 4.93. The number of hydrogen-bond acceptors (Lipinski definition) is 4. The number of ether oxygens (including phenoxy) is 1. The van der Waals surface area contributed by atoms with Gasteiger partial charge in [-0.05, 0) is 43.0 Å². The molecule has 3 rings (SSSR count). The Morgan fingerprint density at radius 2 is 2.14 bits per heavy atom. The number of carbonyl (C=O) groups is 1. The summed E-state index contributed by atoms with van der Waals surface area (Å²) in [4.78, 5) is 12.0. The minimum atomic E-state index is 0.0710. The van der Waals surface area contributed by atoms with Crippen LogP contribution in [0.1, 0.15) is 19.3 Å². The lowest BCUT2D eigenvalue weighted by atomic mass is 10.2. The van der Waals surface area contributed by atoms with E-state index < -0.39 is 0 Å². The van der Waals surface area contributed by atoms with Crippen molar-refractivity contribution in [3.8, 4) is 5.75 Å². The highest BCUT2D eigenvalue weighted by Crippen LogP contribution is 2.29. The number of amides is 1. The van der Waals surface area contributed by atoms with E-state index in [-0.39, 0.29) is 5.91 Å². The molecule has 0 bridgehead atoms. The summed E-state index contributed by atoms with van der Waals surface area (Å²) in [6, 6.07) is 7.95. The van der Waals surface area contributed by atoms with Gasteiger partial charge in [0, 0.05) is 36.2 Å². The maximum atomic E-state index is 12.0. The van der Waals surface area contributed by atoms with Crippen molar-refractivity contribution in [2.45, 2.75) is 25.3 Å². The second-order valence-corrected chi connectivity index (χ2v) is 6.91. The fourth-order valence-corrected chi connectivity index (χ4v) is 3.27. The molecule has 1 aliphatic heterocycles. The van der Waals surface area contributed by atoms with Gasteiger partial charge in [0.2, 0.25) is 5.91 Å². The molecular weight excluding hydrogens is 284 g/mol. The molecule has 0 aromatic heterocycles. The first kappa shape index (κ1) is 14.7. The number of anilines is 1. The lowest BCUT2D eigenvalue weighted by Gasteiger charge is -2.22. The van der Waals surface area contributed by atoms with Crippen molar-refractivity contribution in [3.63, 3.8) is 0 Å². The zero-order valence-corrected chi connectivity index (χ0v) is 13.0. The van der Waals surface area contributed by atoms with E-state index in [1.54, 1.807) is 0 Å². The van der Waals surface area contributed by atoms with Gasteiger partial charge < -0.3 is 15.4 Å². The lowest BCUT2D eigenvalue weighted by molar-refractivity contribution is -0.116. The minimum Gasteiger partial charge on any atom is -0.493 e. The second kappa shape index (κ2) is 7.18. The van der Waals surface area contributed by atoms with Gasteiger partial charge in [-0.1, -0.05) is 0 Å². The van der Waals surface area contributed by atoms with Crippen molar-refractivity contribution in [2.24, 2.45) is 5.92 Å². The van der Waals surface area contributed by atoms with E-state index in [4.69, 9.17) is 4.74 Å². The molecule has 5 heteroatoms. The first-order valence-electron chi connectivity index (χ1n) is 7.63. The van der Waals surface area contributed by atoms with Crippen LogP contribution in [0.4, 0.5) is 5.69 Å². The standard InChI is InChI=1S/C16H22N2O2S/c19-16(9-14-11-21-8-7-17-14)18-13-3-5-15(6-4-13)20-10-12-1-2-12/h3-6,12,14,17H,1-2,7-11H2,(H,18,19). The fourth-order valence-electron chi connectivity index (χ4n) is 2.32. The summed E-state index contributed by atoms with van der Waals surface area (Å²) in [7, 11) is 0. The molecule has 1 aromatic carbocycles. The molecule has 2 N–H and O–H groups in total. The van der Waals surface area contributed by atoms with Crippen LogP contribution in [0.2, 0.25) is 0 Å². The van der Waals surface area contributed by atoms with Crippen LogP contribution in [0.5, 0.6) is 5.75 Å². The first-order chi connectivity index (χ1) is 10.3. The normalized spacial score (nSPS) is 21.8. The predicted octanol–water partition coefficient (Wildman–Crippen LogP) is 2.51. The summed E-state index contributed by atoms with van der Waals surface area (Å²) in [6.45, 7) is 1.81. The molecule has 1 atom stereocenters. The van der Waals surface area contributed by atoms with Gasteiger partial charge in [-0.3, -0.25) is 4.79 Å². The molecule has 1 saturated heterocycles. The number of rotatable bonds is 6. The van der Waals surface area contributed by atoms with Crippen LogP contribution in [0.3, 0.4) is 0 Å². The summed E-state index contributed by atoms with van der Waals surface area (Å²) in [5, 5.41) is 6.33. The van der Waals surface area contributed by atoms with Crippen LogP contribution in [-0.4, -0.2) is 36.6 Å². The second-order valence-electron chi connectivity index (χ2n) is 5.76. The number of nitrogens with one attached hydrogen (secondary N) is 2. The molecule has 4 nitrogen and oxygen atoms in total. The van der Waals surface area contributed by atoms with Gasteiger partial charge in [0.05, 0.1) is 6.61 Å². The van der Waals surface area contributed by atoms with Gasteiger partial charge in [-0.15, -0.1) is 0 Å². The zero-order chi connectivity index (χ0) is 14.5. The molecule has 21 heavy (non-hydrogen) atoms. The molecular formula is C16H22N2O2S. The summed E-state index contributed by atoms with van der Waals surface area (Å²) >= 11 is 1.91. The molecule has 1 amide bonds. The van der Waals surface area contributed by atoms with Gasteiger partial charge >= 0.3 is 0 Å². The van der Waals surface area contributed by atoms with Crippen molar-refractivity contribution in [1.29, 1.82) is 0 Å². The van der Waals surface area contributed by atoms with Crippen LogP contribution < -0.4 is 15.4 Å². The van der Waals surface area contributed by atoms with Crippen molar-refractivity contribution in [1.82, 2.24) is 5.32 Å². The van der Waals surface area contributed by atoms with Crippen LogP contribution in [0, 0.1) is 5.92 Å². The zero-order valence-electron chi connectivity index (χ0n) is 12.1. The monoisotopic (exact) mass is 306 g/mol.